The second-order valence-electron chi connectivity index (χ2n) is 5.23. The molecule has 2 rings (SSSR count). The lowest BCUT2D eigenvalue weighted by Crippen LogP contribution is -2.36. The van der Waals surface area contributed by atoms with Gasteiger partial charge >= 0.3 is 0 Å². The molecule has 0 aliphatic carbocycles. The van der Waals surface area contributed by atoms with Gasteiger partial charge in [-0.15, -0.1) is 0 Å². The summed E-state index contributed by atoms with van der Waals surface area (Å²) in [7, 11) is 0. The summed E-state index contributed by atoms with van der Waals surface area (Å²) in [6.07, 6.45) is 6.32. The minimum absolute atomic E-state index is 0.336. The highest BCUT2D eigenvalue weighted by Crippen LogP contribution is 2.16. The van der Waals surface area contributed by atoms with Gasteiger partial charge in [0.1, 0.15) is 11.9 Å². The lowest BCUT2D eigenvalue weighted by Gasteiger charge is -2.17. The van der Waals surface area contributed by atoms with Crippen LogP contribution in [0, 0.1) is 0 Å². The molecular weight excluding hydrogens is 266 g/mol. The van der Waals surface area contributed by atoms with Crippen molar-refractivity contribution in [1.29, 1.82) is 0 Å². The summed E-state index contributed by atoms with van der Waals surface area (Å²) in [6, 6.07) is 3.43. The fourth-order valence-electron chi connectivity index (χ4n) is 2.32. The molecule has 114 valence electrons. The van der Waals surface area contributed by atoms with Crippen molar-refractivity contribution >= 4 is 17.4 Å². The molecule has 0 spiro atoms. The van der Waals surface area contributed by atoms with Crippen LogP contribution in [-0.2, 0) is 11.2 Å². The fourth-order valence-corrected chi connectivity index (χ4v) is 2.32. The summed E-state index contributed by atoms with van der Waals surface area (Å²) in [5, 5.41) is 7.48. The number of aryl methyl sites for hydroxylation is 1. The number of hydrogen-bond acceptors (Lipinski definition) is 4. The molecule has 21 heavy (non-hydrogen) atoms. The Morgan fingerprint density at radius 3 is 2.90 bits per heavy atom. The summed E-state index contributed by atoms with van der Waals surface area (Å²) in [5.41, 5.74) is 7.27. The first-order chi connectivity index (χ1) is 10.2. The van der Waals surface area contributed by atoms with Crippen LogP contribution in [0.3, 0.4) is 0 Å². The molecule has 0 radical (unpaired) electrons. The highest BCUT2D eigenvalue weighted by molar-refractivity contribution is 5.82. The minimum Gasteiger partial charge on any atom is -0.368 e. The molecule has 0 unspecified atom stereocenters. The summed E-state index contributed by atoms with van der Waals surface area (Å²) in [6.45, 7) is 4.21. The van der Waals surface area contributed by atoms with E-state index in [1.54, 1.807) is 10.7 Å². The van der Waals surface area contributed by atoms with Crippen molar-refractivity contribution < 1.29 is 4.79 Å². The van der Waals surface area contributed by atoms with Gasteiger partial charge in [0, 0.05) is 17.8 Å². The van der Waals surface area contributed by atoms with E-state index in [1.807, 2.05) is 12.1 Å². The number of fused-ring (bicyclic) bond motifs is 1. The van der Waals surface area contributed by atoms with E-state index in [1.165, 1.54) is 0 Å². The standard InChI is InChI=1S/C15H23N5O/c1-3-5-7-12(15(16)21)19-14-10-11(6-4-2)18-13-8-9-17-20(13)14/h8-10,12,19H,3-7H2,1-2H3,(H2,16,21)/t12-/m1/s1. The van der Waals surface area contributed by atoms with Crippen LogP contribution < -0.4 is 11.1 Å². The molecule has 3 N–H and O–H groups in total. The van der Waals surface area contributed by atoms with Crippen molar-refractivity contribution in [3.63, 3.8) is 0 Å². The Bertz CT molecular complexity index is 607. The monoisotopic (exact) mass is 289 g/mol. The van der Waals surface area contributed by atoms with Gasteiger partial charge in [0.05, 0.1) is 6.20 Å². The quantitative estimate of drug-likeness (QED) is 0.779. The number of primary amides is 1. The maximum absolute atomic E-state index is 11.6. The van der Waals surface area contributed by atoms with Gasteiger partial charge in [-0.2, -0.15) is 9.61 Å². The van der Waals surface area contributed by atoms with Gasteiger partial charge in [-0.1, -0.05) is 33.1 Å². The first-order valence-corrected chi connectivity index (χ1v) is 7.55. The molecule has 2 aromatic rings. The van der Waals surface area contributed by atoms with Crippen molar-refractivity contribution in [2.24, 2.45) is 5.73 Å². The van der Waals surface area contributed by atoms with Gasteiger partial charge in [-0.05, 0) is 12.8 Å². The zero-order valence-corrected chi connectivity index (χ0v) is 12.7. The van der Waals surface area contributed by atoms with Crippen LogP contribution in [0.5, 0.6) is 0 Å². The minimum atomic E-state index is -0.380. The molecule has 6 nitrogen and oxygen atoms in total. The Morgan fingerprint density at radius 2 is 2.24 bits per heavy atom. The summed E-state index contributed by atoms with van der Waals surface area (Å²) >= 11 is 0. The van der Waals surface area contributed by atoms with Crippen molar-refractivity contribution in [2.45, 2.75) is 52.0 Å². The SMILES string of the molecule is CCCC[C@@H](Nc1cc(CCC)nc2ccnn12)C(N)=O. The summed E-state index contributed by atoms with van der Waals surface area (Å²) in [5.74, 6) is 0.436. The smallest absolute Gasteiger partial charge is 0.239 e. The van der Waals surface area contributed by atoms with Crippen molar-refractivity contribution in [2.75, 3.05) is 5.32 Å². The zero-order valence-electron chi connectivity index (χ0n) is 12.7. The molecule has 2 aromatic heterocycles. The lowest BCUT2D eigenvalue weighted by molar-refractivity contribution is -0.118. The number of carbonyl (C=O) groups excluding carboxylic acids is 1. The van der Waals surface area contributed by atoms with Crippen molar-refractivity contribution in [3.05, 3.63) is 24.0 Å². The number of aromatic nitrogens is 3. The van der Waals surface area contributed by atoms with Crippen LogP contribution >= 0.6 is 0 Å². The predicted molar refractivity (Wildman–Crippen MR) is 83.1 cm³/mol. The number of anilines is 1. The Morgan fingerprint density at radius 1 is 1.43 bits per heavy atom. The molecule has 0 fully saturated rings. The zero-order chi connectivity index (χ0) is 15.2. The van der Waals surface area contributed by atoms with Gasteiger partial charge in [0.25, 0.3) is 0 Å². The highest BCUT2D eigenvalue weighted by Gasteiger charge is 2.16. The number of amides is 1. The van der Waals surface area contributed by atoms with Crippen molar-refractivity contribution in [3.8, 4) is 0 Å². The fraction of sp³-hybridized carbons (Fsp3) is 0.533. The van der Waals surface area contributed by atoms with Crippen LogP contribution in [0.25, 0.3) is 5.65 Å². The van der Waals surface area contributed by atoms with Crippen LogP contribution in [0.2, 0.25) is 0 Å². The molecule has 0 saturated carbocycles. The van der Waals surface area contributed by atoms with Gasteiger partial charge in [-0.25, -0.2) is 4.98 Å². The predicted octanol–water partition coefficient (Wildman–Crippen LogP) is 2.14. The van der Waals surface area contributed by atoms with Gasteiger partial charge in [0.15, 0.2) is 5.65 Å². The van der Waals surface area contributed by atoms with E-state index in [2.05, 4.69) is 29.2 Å². The Hall–Kier alpha value is -2.11. The number of hydrogen-bond donors (Lipinski definition) is 2. The number of rotatable bonds is 8. The van der Waals surface area contributed by atoms with E-state index in [-0.39, 0.29) is 11.9 Å². The highest BCUT2D eigenvalue weighted by atomic mass is 16.1. The van der Waals surface area contributed by atoms with Crippen LogP contribution in [0.4, 0.5) is 5.82 Å². The number of carbonyl (C=O) groups is 1. The first-order valence-electron chi connectivity index (χ1n) is 7.55. The third-order valence-corrected chi connectivity index (χ3v) is 3.43. The average Bonchev–Trinajstić information content (AvgIpc) is 2.91. The number of nitrogens with two attached hydrogens (primary N) is 1. The van der Waals surface area contributed by atoms with Crippen LogP contribution in [-0.4, -0.2) is 26.5 Å². The van der Waals surface area contributed by atoms with E-state index >= 15 is 0 Å². The molecule has 0 bridgehead atoms. The summed E-state index contributed by atoms with van der Waals surface area (Å²) in [4.78, 5) is 16.2. The molecule has 6 heteroatoms. The first kappa shape index (κ1) is 15.3. The molecule has 0 aliphatic rings. The third-order valence-electron chi connectivity index (χ3n) is 3.43. The van der Waals surface area contributed by atoms with E-state index in [4.69, 9.17) is 5.73 Å². The molecule has 0 aromatic carbocycles. The third kappa shape index (κ3) is 3.71. The van der Waals surface area contributed by atoms with E-state index < -0.39 is 0 Å². The summed E-state index contributed by atoms with van der Waals surface area (Å²) < 4.78 is 1.71. The Kier molecular flexibility index (Phi) is 5.14. The Labute approximate surface area is 124 Å². The number of unbranched alkanes of at least 4 members (excludes halogenated alkanes) is 1. The largest absolute Gasteiger partial charge is 0.368 e. The van der Waals surface area contributed by atoms with Crippen LogP contribution in [0.1, 0.15) is 45.2 Å². The number of nitrogens with one attached hydrogen (secondary N) is 1. The molecule has 1 amide bonds. The van der Waals surface area contributed by atoms with Gasteiger partial charge in [0.2, 0.25) is 5.91 Å². The molecule has 0 saturated heterocycles. The van der Waals surface area contributed by atoms with E-state index in [9.17, 15) is 4.79 Å². The van der Waals surface area contributed by atoms with Gasteiger partial charge < -0.3 is 11.1 Å². The average molecular weight is 289 g/mol. The lowest BCUT2D eigenvalue weighted by atomic mass is 10.1. The van der Waals surface area contributed by atoms with Crippen molar-refractivity contribution in [1.82, 2.24) is 14.6 Å². The maximum atomic E-state index is 11.6. The molecule has 2 heterocycles. The second kappa shape index (κ2) is 7.06. The van der Waals surface area contributed by atoms with E-state index in [0.717, 1.165) is 49.3 Å². The maximum Gasteiger partial charge on any atom is 0.239 e. The van der Waals surface area contributed by atoms with E-state index in [0.29, 0.717) is 0 Å². The van der Waals surface area contributed by atoms with Gasteiger partial charge in [-0.3, -0.25) is 4.79 Å². The van der Waals surface area contributed by atoms with Crippen LogP contribution in [0.15, 0.2) is 18.3 Å². The Balaban J connectivity index is 2.29. The molecular formula is C15H23N5O. The molecule has 0 aliphatic heterocycles. The number of nitrogens with zero attached hydrogens (tertiary/aromatic N) is 3. The normalized spacial score (nSPS) is 12.5. The topological polar surface area (TPSA) is 85.3 Å². The second-order valence-corrected chi connectivity index (χ2v) is 5.23. The molecule has 1 atom stereocenters.